The second-order valence-corrected chi connectivity index (χ2v) is 8.29. The molecule has 0 atom stereocenters. The molecule has 0 fully saturated rings. The minimum Gasteiger partial charge on any atom is -0.319 e. The molecule has 4 aromatic rings. The van der Waals surface area contributed by atoms with Crippen molar-refractivity contribution in [2.45, 2.75) is 11.8 Å². The average molecular weight is 438 g/mol. The number of para-hydroxylation sites is 1. The Balaban J connectivity index is 1.56. The van der Waals surface area contributed by atoms with Crippen LogP contribution in [0.2, 0.25) is 5.02 Å². The molecule has 30 heavy (non-hydrogen) atoms. The summed E-state index contributed by atoms with van der Waals surface area (Å²) < 4.78 is 3.29. The van der Waals surface area contributed by atoms with E-state index >= 15 is 0 Å². The fourth-order valence-corrected chi connectivity index (χ4v) is 4.66. The van der Waals surface area contributed by atoms with Crippen molar-refractivity contribution in [1.29, 1.82) is 0 Å². The van der Waals surface area contributed by atoms with Gasteiger partial charge in [-0.15, -0.1) is 11.8 Å². The number of benzene rings is 3. The molecule has 0 bridgehead atoms. The van der Waals surface area contributed by atoms with Crippen LogP contribution in [0, 0.1) is 6.92 Å². The van der Waals surface area contributed by atoms with Gasteiger partial charge in [0.2, 0.25) is 5.91 Å². The van der Waals surface area contributed by atoms with Crippen LogP contribution in [-0.2, 0) is 11.8 Å². The Morgan fingerprint density at radius 2 is 1.73 bits per heavy atom. The van der Waals surface area contributed by atoms with Crippen molar-refractivity contribution in [1.82, 2.24) is 9.36 Å². The minimum atomic E-state index is -0.257. The molecule has 0 saturated carbocycles. The van der Waals surface area contributed by atoms with Gasteiger partial charge in [-0.3, -0.25) is 14.3 Å². The number of amides is 1. The van der Waals surface area contributed by atoms with Gasteiger partial charge in [0.15, 0.2) is 0 Å². The number of nitrogens with one attached hydrogen (secondary N) is 1. The molecule has 4 rings (SSSR count). The van der Waals surface area contributed by atoms with E-state index in [-0.39, 0.29) is 17.2 Å². The van der Waals surface area contributed by atoms with Crippen LogP contribution < -0.4 is 10.9 Å². The molecule has 3 aromatic carbocycles. The lowest BCUT2D eigenvalue weighted by Crippen LogP contribution is -2.23. The molecule has 1 amide bonds. The third-order valence-corrected chi connectivity index (χ3v) is 6.37. The van der Waals surface area contributed by atoms with E-state index in [1.807, 2.05) is 73.7 Å². The van der Waals surface area contributed by atoms with E-state index in [9.17, 15) is 9.59 Å². The number of fused-ring (bicyclic) bond motifs is 1. The second-order valence-electron chi connectivity index (χ2n) is 6.87. The van der Waals surface area contributed by atoms with Crippen molar-refractivity contribution in [3.63, 3.8) is 0 Å². The Hall–Kier alpha value is -2.96. The van der Waals surface area contributed by atoms with Crippen LogP contribution in [0.3, 0.4) is 0 Å². The van der Waals surface area contributed by atoms with Crippen LogP contribution in [0.5, 0.6) is 0 Å². The zero-order valence-electron chi connectivity index (χ0n) is 16.6. The van der Waals surface area contributed by atoms with Crippen LogP contribution >= 0.6 is 23.4 Å². The monoisotopic (exact) mass is 437 g/mol. The van der Waals surface area contributed by atoms with Gasteiger partial charge in [0, 0.05) is 22.4 Å². The van der Waals surface area contributed by atoms with Gasteiger partial charge in [-0.05, 0) is 36.6 Å². The molecule has 1 N–H and O–H groups in total. The average Bonchev–Trinajstić information content (AvgIpc) is 2.96. The smallest absolute Gasteiger partial charge is 0.295 e. The number of hydrogen-bond acceptors (Lipinski definition) is 3. The van der Waals surface area contributed by atoms with Crippen molar-refractivity contribution in [2.75, 3.05) is 11.1 Å². The third kappa shape index (κ3) is 3.76. The van der Waals surface area contributed by atoms with Crippen LogP contribution in [0.25, 0.3) is 16.5 Å². The molecular weight excluding hydrogens is 418 g/mol. The Kier molecular flexibility index (Phi) is 5.70. The van der Waals surface area contributed by atoms with Gasteiger partial charge in [0.05, 0.1) is 17.1 Å². The number of anilines is 1. The van der Waals surface area contributed by atoms with Gasteiger partial charge in [-0.25, -0.2) is 4.68 Å². The number of nitrogens with zero attached hydrogens (tertiary/aromatic N) is 2. The van der Waals surface area contributed by atoms with E-state index in [0.29, 0.717) is 16.4 Å². The summed E-state index contributed by atoms with van der Waals surface area (Å²) in [5.74, 6) is -0.0706. The molecule has 0 spiro atoms. The molecule has 0 aliphatic heterocycles. The predicted molar refractivity (Wildman–Crippen MR) is 124 cm³/mol. The zero-order valence-corrected chi connectivity index (χ0v) is 18.1. The second kappa shape index (κ2) is 8.42. The van der Waals surface area contributed by atoms with Crippen molar-refractivity contribution in [2.24, 2.45) is 7.05 Å². The number of rotatable bonds is 5. The molecule has 0 aliphatic carbocycles. The molecule has 0 radical (unpaired) electrons. The zero-order chi connectivity index (χ0) is 21.3. The van der Waals surface area contributed by atoms with Crippen LogP contribution in [0.1, 0.15) is 5.69 Å². The highest BCUT2D eigenvalue weighted by Gasteiger charge is 2.18. The lowest BCUT2D eigenvalue weighted by Gasteiger charge is -2.08. The van der Waals surface area contributed by atoms with Crippen molar-refractivity contribution in [3.05, 3.63) is 87.8 Å². The highest BCUT2D eigenvalue weighted by molar-refractivity contribution is 8.00. The topological polar surface area (TPSA) is 56.0 Å². The lowest BCUT2D eigenvalue weighted by molar-refractivity contribution is -0.113. The number of halogens is 1. The fraction of sp³-hybridized carbons (Fsp3) is 0.130. The van der Waals surface area contributed by atoms with E-state index in [0.717, 1.165) is 21.4 Å². The third-order valence-electron chi connectivity index (χ3n) is 4.99. The van der Waals surface area contributed by atoms with Crippen LogP contribution in [0.4, 0.5) is 5.69 Å². The maximum atomic E-state index is 12.9. The summed E-state index contributed by atoms with van der Waals surface area (Å²) in [6.07, 6.45) is 0. The summed E-state index contributed by atoms with van der Waals surface area (Å²) in [4.78, 5) is 26.5. The molecule has 0 aliphatic rings. The number of thioether (sulfide) groups is 1. The summed E-state index contributed by atoms with van der Waals surface area (Å²) in [5, 5.41) is 5.41. The Bertz CT molecular complexity index is 1290. The highest BCUT2D eigenvalue weighted by atomic mass is 35.5. The van der Waals surface area contributed by atoms with Crippen molar-refractivity contribution in [3.8, 4) is 5.69 Å². The van der Waals surface area contributed by atoms with Crippen LogP contribution in [0.15, 0.2) is 76.4 Å². The summed E-state index contributed by atoms with van der Waals surface area (Å²) in [7, 11) is 1.80. The lowest BCUT2D eigenvalue weighted by atomic mass is 10.1. The predicted octanol–water partition coefficient (Wildman–Crippen LogP) is 5.02. The molecule has 5 nitrogen and oxygen atoms in total. The normalized spacial score (nSPS) is 11.0. The van der Waals surface area contributed by atoms with Gasteiger partial charge in [0.1, 0.15) is 5.69 Å². The van der Waals surface area contributed by atoms with Gasteiger partial charge in [-0.2, -0.15) is 0 Å². The molecular formula is C23H20ClN3O2S. The first-order valence-corrected chi connectivity index (χ1v) is 10.8. The quantitative estimate of drug-likeness (QED) is 0.446. The Morgan fingerprint density at radius 1 is 1.03 bits per heavy atom. The first kappa shape index (κ1) is 20.3. The molecule has 7 heteroatoms. The van der Waals surface area contributed by atoms with Crippen molar-refractivity contribution < 1.29 is 4.79 Å². The van der Waals surface area contributed by atoms with Gasteiger partial charge in [-0.1, -0.05) is 54.1 Å². The standard InChI is InChI=1S/C23H20ClN3O2S/c1-15-22(23(29)27(26(15)2)17-10-4-3-5-11-17)25-20(28)14-30-19-13-7-9-16-8-6-12-18(24)21(16)19/h3-13H,14H2,1-2H3,(H,25,28). The SMILES string of the molecule is Cc1c(NC(=O)CSc2cccc3cccc(Cl)c23)c(=O)n(-c2ccccc2)n1C. The summed E-state index contributed by atoms with van der Waals surface area (Å²) in [6.45, 7) is 1.81. The van der Waals surface area contributed by atoms with E-state index in [1.165, 1.54) is 11.8 Å². The van der Waals surface area contributed by atoms with E-state index < -0.39 is 0 Å². The summed E-state index contributed by atoms with van der Waals surface area (Å²) in [5.41, 5.74) is 1.47. The van der Waals surface area contributed by atoms with E-state index in [2.05, 4.69) is 5.32 Å². The Morgan fingerprint density at radius 3 is 2.47 bits per heavy atom. The van der Waals surface area contributed by atoms with Gasteiger partial charge < -0.3 is 5.32 Å². The number of aromatic nitrogens is 2. The fourth-order valence-electron chi connectivity index (χ4n) is 3.41. The number of carbonyl (C=O) groups is 1. The summed E-state index contributed by atoms with van der Waals surface area (Å²) in [6, 6.07) is 21.0. The number of hydrogen-bond donors (Lipinski definition) is 1. The molecule has 0 saturated heterocycles. The largest absolute Gasteiger partial charge is 0.319 e. The first-order valence-electron chi connectivity index (χ1n) is 9.41. The van der Waals surface area contributed by atoms with Crippen molar-refractivity contribution >= 4 is 45.7 Å². The van der Waals surface area contributed by atoms with Gasteiger partial charge in [0.25, 0.3) is 5.56 Å². The van der Waals surface area contributed by atoms with E-state index in [4.69, 9.17) is 11.6 Å². The molecule has 1 heterocycles. The van der Waals surface area contributed by atoms with E-state index in [1.54, 1.807) is 16.4 Å². The minimum absolute atomic E-state index is 0.170. The number of carbonyl (C=O) groups excluding carboxylic acids is 1. The summed E-state index contributed by atoms with van der Waals surface area (Å²) >= 11 is 7.76. The van der Waals surface area contributed by atoms with Crippen LogP contribution in [-0.4, -0.2) is 21.0 Å². The Labute approximate surface area is 183 Å². The first-order chi connectivity index (χ1) is 14.5. The molecule has 0 unspecified atom stereocenters. The maximum Gasteiger partial charge on any atom is 0.295 e. The molecule has 152 valence electrons. The van der Waals surface area contributed by atoms with Gasteiger partial charge >= 0.3 is 0 Å². The highest BCUT2D eigenvalue weighted by Crippen LogP contribution is 2.33. The maximum absolute atomic E-state index is 12.9. The molecule has 1 aromatic heterocycles.